The molecule has 0 aliphatic carbocycles. The van der Waals surface area contributed by atoms with Gasteiger partial charge in [0.1, 0.15) is 11.3 Å². The number of thioether (sulfide) groups is 1. The second kappa shape index (κ2) is 8.23. The quantitative estimate of drug-likeness (QED) is 0.634. The molecule has 0 unspecified atom stereocenters. The number of amides is 1. The van der Waals surface area contributed by atoms with Crippen LogP contribution in [0.4, 0.5) is 5.69 Å². The van der Waals surface area contributed by atoms with Gasteiger partial charge < -0.3 is 10.1 Å². The SMILES string of the molecule is CCc1ccc(NC(=O)CSc2cc(C)c3cccc(OC)c3n2)cc1. The number of nitrogens with zero attached hydrogens (tertiary/aromatic N) is 1. The number of ether oxygens (including phenoxy) is 1. The number of nitrogens with one attached hydrogen (secondary N) is 1. The highest BCUT2D eigenvalue weighted by molar-refractivity contribution is 7.99. The standard InChI is InChI=1S/C21H22N2O2S/c1-4-15-8-10-16(11-9-15)22-19(24)13-26-20-12-14(2)17-6-5-7-18(25-3)21(17)23-20/h5-12H,4,13H2,1-3H3,(H,22,24). The third kappa shape index (κ3) is 4.17. The Labute approximate surface area is 158 Å². The maximum atomic E-state index is 12.2. The normalized spacial score (nSPS) is 10.7. The smallest absolute Gasteiger partial charge is 0.234 e. The molecule has 3 rings (SSSR count). The lowest BCUT2D eigenvalue weighted by Gasteiger charge is -2.10. The number of methoxy groups -OCH3 is 1. The van der Waals surface area contributed by atoms with E-state index in [0.717, 1.165) is 39.4 Å². The summed E-state index contributed by atoms with van der Waals surface area (Å²) in [6, 6.07) is 15.8. The highest BCUT2D eigenvalue weighted by Crippen LogP contribution is 2.29. The number of benzene rings is 2. The van der Waals surface area contributed by atoms with Crippen LogP contribution in [0.1, 0.15) is 18.1 Å². The van der Waals surface area contributed by atoms with Gasteiger partial charge in [0.15, 0.2) is 0 Å². The number of carbonyl (C=O) groups excluding carboxylic acids is 1. The minimum atomic E-state index is -0.0428. The summed E-state index contributed by atoms with van der Waals surface area (Å²) in [6.45, 7) is 4.15. The number of carbonyl (C=O) groups is 1. The van der Waals surface area contributed by atoms with Crippen LogP contribution in [0.5, 0.6) is 5.75 Å². The molecule has 134 valence electrons. The van der Waals surface area contributed by atoms with Crippen molar-refractivity contribution in [2.24, 2.45) is 0 Å². The van der Waals surface area contributed by atoms with E-state index in [2.05, 4.69) is 17.2 Å². The zero-order valence-electron chi connectivity index (χ0n) is 15.2. The van der Waals surface area contributed by atoms with Crippen LogP contribution in [0.3, 0.4) is 0 Å². The molecule has 0 atom stereocenters. The van der Waals surface area contributed by atoms with Crippen LogP contribution in [0.25, 0.3) is 10.9 Å². The van der Waals surface area contributed by atoms with Gasteiger partial charge in [-0.2, -0.15) is 0 Å². The Morgan fingerprint density at radius 2 is 1.96 bits per heavy atom. The van der Waals surface area contributed by atoms with E-state index in [0.29, 0.717) is 5.75 Å². The van der Waals surface area contributed by atoms with Gasteiger partial charge in [-0.1, -0.05) is 43.0 Å². The lowest BCUT2D eigenvalue weighted by atomic mass is 10.1. The van der Waals surface area contributed by atoms with Crippen LogP contribution in [-0.2, 0) is 11.2 Å². The molecule has 0 saturated carbocycles. The average Bonchev–Trinajstić information content (AvgIpc) is 2.66. The van der Waals surface area contributed by atoms with Gasteiger partial charge >= 0.3 is 0 Å². The highest BCUT2D eigenvalue weighted by Gasteiger charge is 2.10. The summed E-state index contributed by atoms with van der Waals surface area (Å²) < 4.78 is 5.41. The Kier molecular flexibility index (Phi) is 5.78. The molecule has 5 heteroatoms. The van der Waals surface area contributed by atoms with E-state index in [9.17, 15) is 4.79 Å². The van der Waals surface area contributed by atoms with Gasteiger partial charge in [0.05, 0.1) is 17.9 Å². The summed E-state index contributed by atoms with van der Waals surface area (Å²) in [5, 5.41) is 4.81. The Hall–Kier alpha value is -2.53. The van der Waals surface area contributed by atoms with E-state index < -0.39 is 0 Å². The summed E-state index contributed by atoms with van der Waals surface area (Å²) in [4.78, 5) is 16.9. The Bertz CT molecular complexity index is 923. The number of hydrogen-bond donors (Lipinski definition) is 1. The zero-order valence-corrected chi connectivity index (χ0v) is 16.0. The molecule has 0 fully saturated rings. The van der Waals surface area contributed by atoms with Gasteiger partial charge in [-0.05, 0) is 48.7 Å². The van der Waals surface area contributed by atoms with E-state index in [4.69, 9.17) is 4.74 Å². The first kappa shape index (κ1) is 18.3. The van der Waals surface area contributed by atoms with Crippen molar-refractivity contribution in [1.82, 2.24) is 4.98 Å². The van der Waals surface area contributed by atoms with Crippen LogP contribution in [0.2, 0.25) is 0 Å². The molecule has 1 heterocycles. The number of anilines is 1. The first-order valence-corrected chi connectivity index (χ1v) is 9.55. The molecule has 1 aromatic heterocycles. The van der Waals surface area contributed by atoms with Crippen LogP contribution in [-0.4, -0.2) is 23.8 Å². The Balaban J connectivity index is 1.69. The summed E-state index contributed by atoms with van der Waals surface area (Å²) in [7, 11) is 1.64. The van der Waals surface area contributed by atoms with Gasteiger partial charge in [-0.25, -0.2) is 4.98 Å². The summed E-state index contributed by atoms with van der Waals surface area (Å²) >= 11 is 1.42. The first-order valence-electron chi connectivity index (χ1n) is 8.56. The predicted octanol–water partition coefficient (Wildman–Crippen LogP) is 4.85. The summed E-state index contributed by atoms with van der Waals surface area (Å²) in [5.41, 5.74) is 4.01. The molecule has 1 amide bonds. The van der Waals surface area contributed by atoms with E-state index in [1.807, 2.05) is 55.5 Å². The molecule has 26 heavy (non-hydrogen) atoms. The minimum absolute atomic E-state index is 0.0428. The van der Waals surface area contributed by atoms with E-state index in [1.54, 1.807) is 7.11 Å². The molecule has 0 spiro atoms. The number of para-hydroxylation sites is 1. The fraction of sp³-hybridized carbons (Fsp3) is 0.238. The molecule has 4 nitrogen and oxygen atoms in total. The van der Waals surface area contributed by atoms with Gasteiger partial charge in [0, 0.05) is 11.1 Å². The second-order valence-corrected chi connectivity index (χ2v) is 7.02. The minimum Gasteiger partial charge on any atom is -0.494 e. The van der Waals surface area contributed by atoms with Crippen LogP contribution >= 0.6 is 11.8 Å². The molecule has 0 aliphatic heterocycles. The van der Waals surface area contributed by atoms with E-state index in [-0.39, 0.29) is 5.91 Å². The fourth-order valence-electron chi connectivity index (χ4n) is 2.76. The van der Waals surface area contributed by atoms with Crippen molar-refractivity contribution in [3.63, 3.8) is 0 Å². The van der Waals surface area contributed by atoms with Gasteiger partial charge in [-0.3, -0.25) is 4.79 Å². The summed E-state index contributed by atoms with van der Waals surface area (Å²) in [6.07, 6.45) is 0.987. The molecule has 2 aromatic carbocycles. The zero-order chi connectivity index (χ0) is 18.5. The molecule has 0 radical (unpaired) electrons. The molecule has 1 N–H and O–H groups in total. The molecule has 0 bridgehead atoms. The number of fused-ring (bicyclic) bond motifs is 1. The van der Waals surface area contributed by atoms with Crippen molar-refractivity contribution in [2.75, 3.05) is 18.2 Å². The lowest BCUT2D eigenvalue weighted by Crippen LogP contribution is -2.14. The molecule has 0 saturated heterocycles. The average molecular weight is 366 g/mol. The van der Waals surface area contributed by atoms with Gasteiger partial charge in [0.2, 0.25) is 5.91 Å². The molecule has 0 aliphatic rings. The highest BCUT2D eigenvalue weighted by atomic mass is 32.2. The van der Waals surface area contributed by atoms with E-state index >= 15 is 0 Å². The predicted molar refractivity (Wildman–Crippen MR) is 108 cm³/mol. The van der Waals surface area contributed by atoms with Crippen molar-refractivity contribution in [1.29, 1.82) is 0 Å². The van der Waals surface area contributed by atoms with Crippen molar-refractivity contribution in [3.8, 4) is 5.75 Å². The second-order valence-electron chi connectivity index (χ2n) is 6.02. The molecule has 3 aromatic rings. The van der Waals surface area contributed by atoms with E-state index in [1.165, 1.54) is 17.3 Å². The monoisotopic (exact) mass is 366 g/mol. The van der Waals surface area contributed by atoms with Crippen LogP contribution < -0.4 is 10.1 Å². The maximum absolute atomic E-state index is 12.2. The molecular formula is C21H22N2O2S. The van der Waals surface area contributed by atoms with Crippen molar-refractivity contribution in [2.45, 2.75) is 25.3 Å². The number of hydrogen-bond acceptors (Lipinski definition) is 4. The number of rotatable bonds is 6. The largest absolute Gasteiger partial charge is 0.494 e. The van der Waals surface area contributed by atoms with Crippen LogP contribution in [0, 0.1) is 6.92 Å². The third-order valence-corrected chi connectivity index (χ3v) is 5.11. The number of aromatic nitrogens is 1. The fourth-order valence-corrected chi connectivity index (χ4v) is 3.53. The van der Waals surface area contributed by atoms with Gasteiger partial charge in [-0.15, -0.1) is 0 Å². The topological polar surface area (TPSA) is 51.2 Å². The van der Waals surface area contributed by atoms with Gasteiger partial charge in [0.25, 0.3) is 0 Å². The number of pyridine rings is 1. The Morgan fingerprint density at radius 3 is 2.65 bits per heavy atom. The van der Waals surface area contributed by atoms with Crippen molar-refractivity contribution < 1.29 is 9.53 Å². The van der Waals surface area contributed by atoms with Crippen molar-refractivity contribution in [3.05, 3.63) is 59.7 Å². The van der Waals surface area contributed by atoms with Crippen LogP contribution in [0.15, 0.2) is 53.6 Å². The van der Waals surface area contributed by atoms with Crippen molar-refractivity contribution >= 4 is 34.3 Å². The lowest BCUT2D eigenvalue weighted by molar-refractivity contribution is -0.113. The summed E-state index contributed by atoms with van der Waals surface area (Å²) in [5.74, 6) is 1.01. The number of aryl methyl sites for hydroxylation is 2. The first-order chi connectivity index (χ1) is 12.6. The maximum Gasteiger partial charge on any atom is 0.234 e. The molecular weight excluding hydrogens is 344 g/mol. The third-order valence-electron chi connectivity index (χ3n) is 4.20. The Morgan fingerprint density at radius 1 is 1.19 bits per heavy atom.